The number of nitrogens with one attached hydrogen (secondary N) is 1. The Balaban J connectivity index is 1.86. The number of ether oxygens (including phenoxy) is 1. The van der Waals surface area contributed by atoms with E-state index in [1.165, 1.54) is 5.56 Å². The molecular formula is C14H19N3O. The third kappa shape index (κ3) is 3.46. The number of nitriles is 1. The van der Waals surface area contributed by atoms with Crippen molar-refractivity contribution in [2.45, 2.75) is 6.92 Å². The van der Waals surface area contributed by atoms with Crippen LogP contribution in [0.5, 0.6) is 0 Å². The molecule has 2 rings (SSSR count). The van der Waals surface area contributed by atoms with Crippen molar-refractivity contribution in [2.75, 3.05) is 44.7 Å². The molecule has 1 aromatic carbocycles. The number of benzene rings is 1. The Kier molecular flexibility index (Phi) is 4.57. The normalized spacial score (nSPS) is 16.2. The van der Waals surface area contributed by atoms with E-state index in [0.717, 1.165) is 45.1 Å². The minimum Gasteiger partial charge on any atom is -0.383 e. The lowest BCUT2D eigenvalue weighted by Crippen LogP contribution is -2.39. The van der Waals surface area contributed by atoms with Gasteiger partial charge in [-0.15, -0.1) is 0 Å². The molecule has 0 aromatic heterocycles. The second kappa shape index (κ2) is 6.39. The third-order valence-electron chi connectivity index (χ3n) is 3.14. The molecule has 1 fully saturated rings. The summed E-state index contributed by atoms with van der Waals surface area (Å²) in [6.07, 6.45) is 0. The van der Waals surface area contributed by atoms with E-state index in [1.807, 2.05) is 25.1 Å². The second-order valence-electron chi connectivity index (χ2n) is 4.54. The zero-order valence-corrected chi connectivity index (χ0v) is 10.8. The van der Waals surface area contributed by atoms with Gasteiger partial charge in [0, 0.05) is 26.2 Å². The maximum Gasteiger partial charge on any atom is 0.101 e. The smallest absolute Gasteiger partial charge is 0.101 e. The fourth-order valence-electron chi connectivity index (χ4n) is 2.08. The largest absolute Gasteiger partial charge is 0.383 e. The van der Waals surface area contributed by atoms with Crippen molar-refractivity contribution in [3.8, 4) is 6.07 Å². The molecular weight excluding hydrogens is 226 g/mol. The zero-order valence-electron chi connectivity index (χ0n) is 10.8. The van der Waals surface area contributed by atoms with Crippen LogP contribution < -0.4 is 5.32 Å². The Bertz CT molecular complexity index is 433. The van der Waals surface area contributed by atoms with E-state index in [2.05, 4.69) is 16.3 Å². The third-order valence-corrected chi connectivity index (χ3v) is 3.14. The highest BCUT2D eigenvalue weighted by Crippen LogP contribution is 2.16. The summed E-state index contributed by atoms with van der Waals surface area (Å²) in [7, 11) is 0. The van der Waals surface area contributed by atoms with Crippen molar-refractivity contribution in [1.29, 1.82) is 5.26 Å². The van der Waals surface area contributed by atoms with Crippen LogP contribution in [0, 0.1) is 18.3 Å². The molecule has 0 bridgehead atoms. The molecule has 1 aromatic rings. The number of hydrogen-bond donors (Lipinski definition) is 1. The van der Waals surface area contributed by atoms with Crippen molar-refractivity contribution in [1.82, 2.24) is 4.90 Å². The number of aryl methyl sites for hydroxylation is 1. The molecule has 0 spiro atoms. The minimum atomic E-state index is 0.711. The first-order valence-corrected chi connectivity index (χ1v) is 6.34. The minimum absolute atomic E-state index is 0.711. The van der Waals surface area contributed by atoms with Crippen molar-refractivity contribution >= 4 is 5.69 Å². The van der Waals surface area contributed by atoms with Gasteiger partial charge in [-0.1, -0.05) is 6.07 Å². The van der Waals surface area contributed by atoms with E-state index in [1.54, 1.807) is 0 Å². The van der Waals surface area contributed by atoms with Gasteiger partial charge in [-0.2, -0.15) is 5.26 Å². The molecule has 0 radical (unpaired) electrons. The van der Waals surface area contributed by atoms with Gasteiger partial charge in [0.15, 0.2) is 0 Å². The van der Waals surface area contributed by atoms with Crippen molar-refractivity contribution in [3.05, 3.63) is 29.3 Å². The van der Waals surface area contributed by atoms with Gasteiger partial charge in [-0.25, -0.2) is 0 Å². The van der Waals surface area contributed by atoms with Crippen LogP contribution >= 0.6 is 0 Å². The quantitative estimate of drug-likeness (QED) is 0.875. The summed E-state index contributed by atoms with van der Waals surface area (Å²) in [4.78, 5) is 2.37. The molecule has 0 unspecified atom stereocenters. The van der Waals surface area contributed by atoms with E-state index < -0.39 is 0 Å². The zero-order chi connectivity index (χ0) is 12.8. The maximum absolute atomic E-state index is 9.04. The summed E-state index contributed by atoms with van der Waals surface area (Å²) < 4.78 is 5.31. The fourth-order valence-corrected chi connectivity index (χ4v) is 2.08. The predicted octanol–water partition coefficient (Wildman–Crippen LogP) is 1.61. The lowest BCUT2D eigenvalue weighted by atomic mass is 10.1. The van der Waals surface area contributed by atoms with Crippen molar-refractivity contribution < 1.29 is 4.74 Å². The average Bonchev–Trinajstić information content (AvgIpc) is 2.40. The van der Waals surface area contributed by atoms with Crippen LogP contribution in [0.4, 0.5) is 5.69 Å². The maximum atomic E-state index is 9.04. The highest BCUT2D eigenvalue weighted by molar-refractivity contribution is 5.58. The Hall–Kier alpha value is -1.57. The summed E-state index contributed by atoms with van der Waals surface area (Å²) >= 11 is 0. The molecule has 0 saturated carbocycles. The molecule has 0 amide bonds. The fraction of sp³-hybridized carbons (Fsp3) is 0.500. The highest BCUT2D eigenvalue weighted by Gasteiger charge is 2.09. The molecule has 18 heavy (non-hydrogen) atoms. The monoisotopic (exact) mass is 245 g/mol. The van der Waals surface area contributed by atoms with Crippen molar-refractivity contribution in [2.24, 2.45) is 0 Å². The SMILES string of the molecule is Cc1ccc(C#N)c(NCCN2CCOCC2)c1. The molecule has 0 atom stereocenters. The summed E-state index contributed by atoms with van der Waals surface area (Å²) in [6.45, 7) is 7.54. The van der Waals surface area contributed by atoms with Crippen LogP contribution in [0.3, 0.4) is 0 Å². The number of anilines is 1. The van der Waals surface area contributed by atoms with Gasteiger partial charge < -0.3 is 10.1 Å². The predicted molar refractivity (Wildman–Crippen MR) is 71.6 cm³/mol. The summed E-state index contributed by atoms with van der Waals surface area (Å²) in [5.74, 6) is 0. The molecule has 1 aliphatic rings. The van der Waals surface area contributed by atoms with Crippen molar-refractivity contribution in [3.63, 3.8) is 0 Å². The average molecular weight is 245 g/mol. The van der Waals surface area contributed by atoms with Crippen LogP contribution in [0.15, 0.2) is 18.2 Å². The van der Waals surface area contributed by atoms with Crippen LogP contribution in [-0.2, 0) is 4.74 Å². The Morgan fingerprint density at radius 1 is 1.39 bits per heavy atom. The molecule has 0 aliphatic carbocycles. The van der Waals surface area contributed by atoms with Gasteiger partial charge >= 0.3 is 0 Å². The van der Waals surface area contributed by atoms with E-state index >= 15 is 0 Å². The van der Waals surface area contributed by atoms with E-state index in [4.69, 9.17) is 10.00 Å². The number of nitrogens with zero attached hydrogens (tertiary/aromatic N) is 2. The lowest BCUT2D eigenvalue weighted by Gasteiger charge is -2.26. The molecule has 1 aliphatic heterocycles. The van der Waals surface area contributed by atoms with Gasteiger partial charge in [-0.05, 0) is 24.6 Å². The van der Waals surface area contributed by atoms with Gasteiger partial charge in [0.2, 0.25) is 0 Å². The Morgan fingerprint density at radius 3 is 2.89 bits per heavy atom. The van der Waals surface area contributed by atoms with Crippen LogP contribution in [0.1, 0.15) is 11.1 Å². The van der Waals surface area contributed by atoms with E-state index in [0.29, 0.717) is 5.56 Å². The first-order valence-electron chi connectivity index (χ1n) is 6.34. The second-order valence-corrected chi connectivity index (χ2v) is 4.54. The Labute approximate surface area is 108 Å². The molecule has 4 nitrogen and oxygen atoms in total. The highest BCUT2D eigenvalue weighted by atomic mass is 16.5. The summed E-state index contributed by atoms with van der Waals surface area (Å²) in [5, 5.41) is 12.4. The molecule has 1 heterocycles. The van der Waals surface area contributed by atoms with Crippen LogP contribution in [0.25, 0.3) is 0 Å². The molecule has 96 valence electrons. The van der Waals surface area contributed by atoms with E-state index in [9.17, 15) is 0 Å². The molecule has 1 N–H and O–H groups in total. The summed E-state index contributed by atoms with van der Waals surface area (Å²) in [5.41, 5.74) is 2.82. The molecule has 1 saturated heterocycles. The first kappa shape index (κ1) is 12.9. The van der Waals surface area contributed by atoms with Gasteiger partial charge in [0.25, 0.3) is 0 Å². The Morgan fingerprint density at radius 2 is 2.17 bits per heavy atom. The van der Waals surface area contributed by atoms with Gasteiger partial charge in [0.1, 0.15) is 6.07 Å². The lowest BCUT2D eigenvalue weighted by molar-refractivity contribution is 0.0398. The van der Waals surface area contributed by atoms with Gasteiger partial charge in [0.05, 0.1) is 24.5 Å². The number of hydrogen-bond acceptors (Lipinski definition) is 4. The number of morpholine rings is 1. The van der Waals surface area contributed by atoms with Gasteiger partial charge in [-0.3, -0.25) is 4.90 Å². The van der Waals surface area contributed by atoms with Crippen LogP contribution in [0.2, 0.25) is 0 Å². The van der Waals surface area contributed by atoms with E-state index in [-0.39, 0.29) is 0 Å². The molecule has 4 heteroatoms. The summed E-state index contributed by atoms with van der Waals surface area (Å²) in [6, 6.07) is 8.07. The number of rotatable bonds is 4. The standard InChI is InChI=1S/C14H19N3O/c1-12-2-3-13(11-15)14(10-12)16-4-5-17-6-8-18-9-7-17/h2-3,10,16H,4-9H2,1H3. The first-order chi connectivity index (χ1) is 8.79. The topological polar surface area (TPSA) is 48.3 Å². The van der Waals surface area contributed by atoms with Crippen LogP contribution in [-0.4, -0.2) is 44.3 Å².